The summed E-state index contributed by atoms with van der Waals surface area (Å²) in [5.74, 6) is 2.85. The number of rotatable bonds is 2. The Hall–Kier alpha value is -0.0400. The molecule has 3 atom stereocenters. The zero-order chi connectivity index (χ0) is 10.9. The van der Waals surface area contributed by atoms with Crippen molar-refractivity contribution < 1.29 is 0 Å². The largest absolute Gasteiger partial charge is 0.311 e. The molecule has 1 aliphatic heterocycles. The van der Waals surface area contributed by atoms with E-state index >= 15 is 0 Å². The Morgan fingerprint density at radius 1 is 1.13 bits per heavy atom. The first kappa shape index (κ1) is 11.4. The highest BCUT2D eigenvalue weighted by Crippen LogP contribution is 2.43. The van der Waals surface area contributed by atoms with E-state index < -0.39 is 0 Å². The van der Waals surface area contributed by atoms with E-state index in [1.165, 1.54) is 45.1 Å². The second-order valence-electron chi connectivity index (χ2n) is 6.15. The summed E-state index contributed by atoms with van der Waals surface area (Å²) < 4.78 is 0. The van der Waals surface area contributed by atoms with Crippen molar-refractivity contribution in [1.82, 2.24) is 5.32 Å². The molecule has 1 aliphatic carbocycles. The van der Waals surface area contributed by atoms with Crippen molar-refractivity contribution >= 4 is 0 Å². The molecule has 2 rings (SSSR count). The molecule has 0 bridgehead atoms. The fourth-order valence-electron chi connectivity index (χ4n) is 4.17. The maximum Gasteiger partial charge on any atom is 0.0207 e. The highest BCUT2D eigenvalue weighted by atomic mass is 15.0. The molecule has 3 unspecified atom stereocenters. The maximum atomic E-state index is 3.83. The molecule has 0 aromatic heterocycles. The molecule has 1 saturated heterocycles. The summed E-state index contributed by atoms with van der Waals surface area (Å²) in [5.41, 5.74) is 0.517. The van der Waals surface area contributed by atoms with E-state index in [9.17, 15) is 0 Å². The molecule has 0 spiro atoms. The molecular formula is C14H27N. The first-order valence-electron chi connectivity index (χ1n) is 6.91. The monoisotopic (exact) mass is 209 g/mol. The highest BCUT2D eigenvalue weighted by molar-refractivity contribution is 4.99. The summed E-state index contributed by atoms with van der Waals surface area (Å²) in [7, 11) is 0. The van der Waals surface area contributed by atoms with Crippen LogP contribution in [0.15, 0.2) is 0 Å². The van der Waals surface area contributed by atoms with Gasteiger partial charge in [-0.15, -0.1) is 0 Å². The molecule has 1 heterocycles. The van der Waals surface area contributed by atoms with Crippen molar-refractivity contribution in [3.8, 4) is 0 Å². The van der Waals surface area contributed by atoms with Crippen LogP contribution in [-0.2, 0) is 0 Å². The summed E-state index contributed by atoms with van der Waals surface area (Å²) in [4.78, 5) is 0. The molecule has 0 amide bonds. The molecule has 1 N–H and O–H groups in total. The van der Waals surface area contributed by atoms with Crippen molar-refractivity contribution in [3.05, 3.63) is 0 Å². The fourth-order valence-corrected chi connectivity index (χ4v) is 4.17. The summed E-state index contributed by atoms with van der Waals surface area (Å²) in [5, 5.41) is 3.83. The lowest BCUT2D eigenvalue weighted by Crippen LogP contribution is -2.48. The van der Waals surface area contributed by atoms with E-state index in [2.05, 4.69) is 26.1 Å². The molecule has 1 nitrogen and oxygen atoms in total. The van der Waals surface area contributed by atoms with Gasteiger partial charge in [0, 0.05) is 5.54 Å². The first-order valence-corrected chi connectivity index (χ1v) is 6.91. The number of hydrogen-bond acceptors (Lipinski definition) is 1. The van der Waals surface area contributed by atoms with E-state index in [1.54, 1.807) is 0 Å². The van der Waals surface area contributed by atoms with Crippen molar-refractivity contribution in [2.45, 2.75) is 64.8 Å². The lowest BCUT2D eigenvalue weighted by Gasteiger charge is -2.43. The van der Waals surface area contributed by atoms with Crippen LogP contribution in [0.5, 0.6) is 0 Å². The van der Waals surface area contributed by atoms with E-state index in [1.807, 2.05) is 0 Å². The van der Waals surface area contributed by atoms with Gasteiger partial charge in [0.05, 0.1) is 0 Å². The SMILES string of the molecule is CCC1(C2CC(C)CC(C)C2)CCCN1. The predicted molar refractivity (Wildman–Crippen MR) is 65.9 cm³/mol. The van der Waals surface area contributed by atoms with Crippen molar-refractivity contribution in [2.75, 3.05) is 6.54 Å². The van der Waals surface area contributed by atoms with Crippen LogP contribution in [0.1, 0.15) is 59.3 Å². The van der Waals surface area contributed by atoms with E-state index in [4.69, 9.17) is 0 Å². The molecule has 0 aromatic rings. The fraction of sp³-hybridized carbons (Fsp3) is 1.00. The Morgan fingerprint density at radius 2 is 1.80 bits per heavy atom. The molecule has 1 saturated carbocycles. The number of hydrogen-bond donors (Lipinski definition) is 1. The third-order valence-electron chi connectivity index (χ3n) is 4.87. The van der Waals surface area contributed by atoms with Gasteiger partial charge in [-0.2, -0.15) is 0 Å². The molecule has 1 heteroatoms. The third kappa shape index (κ3) is 2.22. The smallest absolute Gasteiger partial charge is 0.0207 e. The zero-order valence-electron chi connectivity index (χ0n) is 10.7. The number of nitrogens with one attached hydrogen (secondary N) is 1. The third-order valence-corrected chi connectivity index (χ3v) is 4.87. The van der Waals surface area contributed by atoms with Gasteiger partial charge in [0.2, 0.25) is 0 Å². The van der Waals surface area contributed by atoms with Crippen LogP contribution in [0.25, 0.3) is 0 Å². The van der Waals surface area contributed by atoms with E-state index in [0.29, 0.717) is 5.54 Å². The van der Waals surface area contributed by atoms with Gasteiger partial charge < -0.3 is 5.32 Å². The lowest BCUT2D eigenvalue weighted by molar-refractivity contribution is 0.116. The van der Waals surface area contributed by atoms with E-state index in [0.717, 1.165) is 17.8 Å². The van der Waals surface area contributed by atoms with Crippen LogP contribution in [0.3, 0.4) is 0 Å². The Labute approximate surface area is 95.0 Å². The standard InChI is InChI=1S/C14H27N/c1-4-14(6-5-7-15-14)13-9-11(2)8-12(3)10-13/h11-13,15H,4-10H2,1-3H3. The first-order chi connectivity index (χ1) is 7.16. The van der Waals surface area contributed by atoms with Crippen molar-refractivity contribution in [3.63, 3.8) is 0 Å². The van der Waals surface area contributed by atoms with Crippen molar-refractivity contribution in [2.24, 2.45) is 17.8 Å². The van der Waals surface area contributed by atoms with Crippen LogP contribution in [0.2, 0.25) is 0 Å². The average molecular weight is 209 g/mol. The average Bonchev–Trinajstić information content (AvgIpc) is 2.65. The summed E-state index contributed by atoms with van der Waals surface area (Å²) >= 11 is 0. The molecule has 0 aromatic carbocycles. The minimum absolute atomic E-state index is 0.517. The summed E-state index contributed by atoms with van der Waals surface area (Å²) in [6.07, 6.45) is 8.53. The second kappa shape index (κ2) is 4.45. The molecule has 15 heavy (non-hydrogen) atoms. The topological polar surface area (TPSA) is 12.0 Å². The molecule has 88 valence electrons. The normalized spacial score (nSPS) is 47.0. The second-order valence-corrected chi connectivity index (χ2v) is 6.15. The Kier molecular flexibility index (Phi) is 3.39. The lowest BCUT2D eigenvalue weighted by atomic mass is 9.67. The molecule has 2 fully saturated rings. The Balaban J connectivity index is 2.07. The van der Waals surface area contributed by atoms with Crippen LogP contribution in [0.4, 0.5) is 0 Å². The summed E-state index contributed by atoms with van der Waals surface area (Å²) in [6, 6.07) is 0. The maximum absolute atomic E-state index is 3.83. The van der Waals surface area contributed by atoms with Gasteiger partial charge in [-0.25, -0.2) is 0 Å². The summed E-state index contributed by atoms with van der Waals surface area (Å²) in [6.45, 7) is 8.53. The molecular weight excluding hydrogens is 182 g/mol. The zero-order valence-corrected chi connectivity index (χ0v) is 10.7. The van der Waals surface area contributed by atoms with Crippen molar-refractivity contribution in [1.29, 1.82) is 0 Å². The highest BCUT2D eigenvalue weighted by Gasteiger charge is 2.42. The quantitative estimate of drug-likeness (QED) is 0.733. The molecule has 2 aliphatic rings. The van der Waals surface area contributed by atoms with Gasteiger partial charge in [0.1, 0.15) is 0 Å². The van der Waals surface area contributed by atoms with E-state index in [-0.39, 0.29) is 0 Å². The van der Waals surface area contributed by atoms with Crippen LogP contribution >= 0.6 is 0 Å². The van der Waals surface area contributed by atoms with Gasteiger partial charge in [0.15, 0.2) is 0 Å². The van der Waals surface area contributed by atoms with Crippen LogP contribution in [0, 0.1) is 17.8 Å². The Bertz CT molecular complexity index is 195. The Morgan fingerprint density at radius 3 is 2.27 bits per heavy atom. The minimum atomic E-state index is 0.517. The van der Waals surface area contributed by atoms with Gasteiger partial charge >= 0.3 is 0 Å². The van der Waals surface area contributed by atoms with Gasteiger partial charge in [0.25, 0.3) is 0 Å². The van der Waals surface area contributed by atoms with Crippen LogP contribution < -0.4 is 5.32 Å². The molecule has 0 radical (unpaired) electrons. The van der Waals surface area contributed by atoms with Gasteiger partial charge in [-0.05, 0) is 62.8 Å². The van der Waals surface area contributed by atoms with Gasteiger partial charge in [-0.3, -0.25) is 0 Å². The minimum Gasteiger partial charge on any atom is -0.311 e. The predicted octanol–water partition coefficient (Wildman–Crippen LogP) is 3.59. The van der Waals surface area contributed by atoms with Gasteiger partial charge in [-0.1, -0.05) is 20.8 Å². The van der Waals surface area contributed by atoms with Crippen LogP contribution in [-0.4, -0.2) is 12.1 Å².